The molecule has 5 nitrogen and oxygen atoms in total. The van der Waals surface area contributed by atoms with Crippen molar-refractivity contribution in [1.82, 2.24) is 15.6 Å². The van der Waals surface area contributed by atoms with Gasteiger partial charge in [-0.3, -0.25) is 9.78 Å². The van der Waals surface area contributed by atoms with Gasteiger partial charge in [0.15, 0.2) is 0 Å². The first kappa shape index (κ1) is 14.8. The molecule has 1 amide bonds. The number of amides is 1. The normalized spacial score (nSPS) is 19.6. The van der Waals surface area contributed by atoms with Crippen LogP contribution in [0.3, 0.4) is 0 Å². The first-order valence-corrected chi connectivity index (χ1v) is 7.19. The van der Waals surface area contributed by atoms with Gasteiger partial charge in [-0.1, -0.05) is 6.92 Å². The highest BCUT2D eigenvalue weighted by atomic mass is 16.2. The van der Waals surface area contributed by atoms with E-state index in [0.717, 1.165) is 24.3 Å². The van der Waals surface area contributed by atoms with Crippen LogP contribution < -0.4 is 15.5 Å². The summed E-state index contributed by atoms with van der Waals surface area (Å²) in [6.07, 6.45) is 2.87. The summed E-state index contributed by atoms with van der Waals surface area (Å²) >= 11 is 0. The summed E-state index contributed by atoms with van der Waals surface area (Å²) in [6, 6.07) is 4.38. The average molecular weight is 276 g/mol. The fraction of sp³-hybridized carbons (Fsp3) is 0.600. The van der Waals surface area contributed by atoms with Crippen molar-refractivity contribution in [3.05, 3.63) is 24.0 Å². The van der Waals surface area contributed by atoms with E-state index in [1.807, 2.05) is 33.2 Å². The van der Waals surface area contributed by atoms with Crippen LogP contribution in [-0.2, 0) is 4.79 Å². The fourth-order valence-corrected chi connectivity index (χ4v) is 2.68. The van der Waals surface area contributed by atoms with E-state index in [1.165, 1.54) is 0 Å². The topological polar surface area (TPSA) is 57.3 Å². The molecule has 2 heterocycles. The highest BCUT2D eigenvalue weighted by Crippen LogP contribution is 2.26. The molecular weight excluding hydrogens is 252 g/mol. The molecular formula is C15H24N4O. The summed E-state index contributed by atoms with van der Waals surface area (Å²) in [5.74, 6) is 0.0643. The molecule has 20 heavy (non-hydrogen) atoms. The standard InChI is InChI=1S/C15H24N4O/c1-5-12(16-4)13-7-6-11(10-18-13)19-9-8-17-14(20)15(19,2)3/h6-7,10,12,16H,5,8-9H2,1-4H3,(H,17,20). The Labute approximate surface area is 120 Å². The molecule has 2 N–H and O–H groups in total. The van der Waals surface area contributed by atoms with Gasteiger partial charge in [-0.15, -0.1) is 0 Å². The van der Waals surface area contributed by atoms with Gasteiger partial charge in [-0.2, -0.15) is 0 Å². The number of carbonyl (C=O) groups is 1. The molecule has 1 aliphatic heterocycles. The molecule has 0 saturated carbocycles. The molecule has 110 valence electrons. The second-order valence-corrected chi connectivity index (χ2v) is 5.66. The van der Waals surface area contributed by atoms with E-state index in [0.29, 0.717) is 6.54 Å². The van der Waals surface area contributed by atoms with Crippen molar-refractivity contribution < 1.29 is 4.79 Å². The molecule has 1 atom stereocenters. The monoisotopic (exact) mass is 276 g/mol. The lowest BCUT2D eigenvalue weighted by Crippen LogP contribution is -2.62. The molecule has 1 unspecified atom stereocenters. The summed E-state index contributed by atoms with van der Waals surface area (Å²) < 4.78 is 0. The Hall–Kier alpha value is -1.62. The molecule has 1 aromatic heterocycles. The second-order valence-electron chi connectivity index (χ2n) is 5.66. The van der Waals surface area contributed by atoms with Crippen LogP contribution in [0.2, 0.25) is 0 Å². The highest BCUT2D eigenvalue weighted by Gasteiger charge is 2.37. The van der Waals surface area contributed by atoms with Crippen LogP contribution in [0.1, 0.15) is 38.9 Å². The van der Waals surface area contributed by atoms with Gasteiger partial charge in [0.25, 0.3) is 0 Å². The van der Waals surface area contributed by atoms with E-state index < -0.39 is 5.54 Å². The van der Waals surface area contributed by atoms with E-state index in [-0.39, 0.29) is 11.9 Å². The number of nitrogens with one attached hydrogen (secondary N) is 2. The Kier molecular flexibility index (Phi) is 4.28. The lowest BCUT2D eigenvalue weighted by atomic mass is 9.98. The predicted molar refractivity (Wildman–Crippen MR) is 80.8 cm³/mol. The highest BCUT2D eigenvalue weighted by molar-refractivity contribution is 5.90. The van der Waals surface area contributed by atoms with Crippen molar-refractivity contribution in [2.75, 3.05) is 25.0 Å². The van der Waals surface area contributed by atoms with Gasteiger partial charge >= 0.3 is 0 Å². The van der Waals surface area contributed by atoms with Gasteiger partial charge in [-0.25, -0.2) is 0 Å². The first-order valence-electron chi connectivity index (χ1n) is 7.19. The number of pyridine rings is 1. The van der Waals surface area contributed by atoms with Crippen LogP contribution >= 0.6 is 0 Å². The Morgan fingerprint density at radius 3 is 2.80 bits per heavy atom. The van der Waals surface area contributed by atoms with Gasteiger partial charge in [-0.05, 0) is 39.4 Å². The number of hydrogen-bond donors (Lipinski definition) is 2. The zero-order valence-corrected chi connectivity index (χ0v) is 12.7. The van der Waals surface area contributed by atoms with Gasteiger partial charge in [0.1, 0.15) is 5.54 Å². The van der Waals surface area contributed by atoms with Crippen LogP contribution in [0.5, 0.6) is 0 Å². The number of anilines is 1. The van der Waals surface area contributed by atoms with Gasteiger partial charge in [0.05, 0.1) is 17.6 Å². The van der Waals surface area contributed by atoms with Crippen molar-refractivity contribution in [2.45, 2.75) is 38.8 Å². The maximum Gasteiger partial charge on any atom is 0.245 e. The van der Waals surface area contributed by atoms with E-state index in [4.69, 9.17) is 0 Å². The minimum atomic E-state index is -0.533. The minimum absolute atomic E-state index is 0.0643. The van der Waals surface area contributed by atoms with Crippen molar-refractivity contribution in [3.8, 4) is 0 Å². The molecule has 0 spiro atoms. The van der Waals surface area contributed by atoms with E-state index >= 15 is 0 Å². The summed E-state index contributed by atoms with van der Waals surface area (Å²) in [5.41, 5.74) is 1.51. The Morgan fingerprint density at radius 2 is 2.25 bits per heavy atom. The number of rotatable bonds is 4. The number of aromatic nitrogens is 1. The maximum absolute atomic E-state index is 12.0. The average Bonchev–Trinajstić information content (AvgIpc) is 2.44. The third-order valence-electron chi connectivity index (χ3n) is 4.05. The van der Waals surface area contributed by atoms with Crippen molar-refractivity contribution >= 4 is 11.6 Å². The van der Waals surface area contributed by atoms with Crippen LogP contribution in [0, 0.1) is 0 Å². The quantitative estimate of drug-likeness (QED) is 0.874. The van der Waals surface area contributed by atoms with Crippen molar-refractivity contribution in [3.63, 3.8) is 0 Å². The molecule has 1 aliphatic rings. The van der Waals surface area contributed by atoms with Gasteiger partial charge < -0.3 is 15.5 Å². The Balaban J connectivity index is 2.23. The van der Waals surface area contributed by atoms with E-state index in [1.54, 1.807) is 0 Å². The summed E-state index contributed by atoms with van der Waals surface area (Å²) in [7, 11) is 1.95. The second kappa shape index (κ2) is 5.79. The summed E-state index contributed by atoms with van der Waals surface area (Å²) in [4.78, 5) is 18.6. The minimum Gasteiger partial charge on any atom is -0.354 e. The molecule has 2 rings (SSSR count). The molecule has 0 bridgehead atoms. The number of hydrogen-bond acceptors (Lipinski definition) is 4. The summed E-state index contributed by atoms with van der Waals surface area (Å²) in [5, 5.41) is 6.16. The van der Waals surface area contributed by atoms with Crippen LogP contribution in [0.4, 0.5) is 5.69 Å². The van der Waals surface area contributed by atoms with Crippen LogP contribution in [0.25, 0.3) is 0 Å². The third kappa shape index (κ3) is 2.63. The van der Waals surface area contributed by atoms with Crippen molar-refractivity contribution in [1.29, 1.82) is 0 Å². The van der Waals surface area contributed by atoms with Crippen LogP contribution in [-0.4, -0.2) is 36.6 Å². The van der Waals surface area contributed by atoms with Gasteiger partial charge in [0.2, 0.25) is 5.91 Å². The smallest absolute Gasteiger partial charge is 0.245 e. The van der Waals surface area contributed by atoms with Crippen molar-refractivity contribution in [2.24, 2.45) is 0 Å². The lowest BCUT2D eigenvalue weighted by molar-refractivity contribution is -0.126. The molecule has 1 saturated heterocycles. The van der Waals surface area contributed by atoms with E-state index in [2.05, 4.69) is 33.5 Å². The molecule has 1 fully saturated rings. The Bertz CT molecular complexity index is 465. The van der Waals surface area contributed by atoms with E-state index in [9.17, 15) is 4.79 Å². The molecule has 5 heteroatoms. The van der Waals surface area contributed by atoms with Gasteiger partial charge in [0, 0.05) is 19.1 Å². The summed E-state index contributed by atoms with van der Waals surface area (Å²) in [6.45, 7) is 7.51. The lowest BCUT2D eigenvalue weighted by Gasteiger charge is -2.42. The zero-order chi connectivity index (χ0) is 14.8. The largest absolute Gasteiger partial charge is 0.354 e. The fourth-order valence-electron chi connectivity index (χ4n) is 2.68. The zero-order valence-electron chi connectivity index (χ0n) is 12.7. The molecule has 0 aliphatic carbocycles. The first-order chi connectivity index (χ1) is 9.50. The molecule has 0 radical (unpaired) electrons. The molecule has 1 aromatic rings. The third-order valence-corrected chi connectivity index (χ3v) is 4.05. The molecule has 0 aromatic carbocycles. The maximum atomic E-state index is 12.0. The number of piperazine rings is 1. The number of carbonyl (C=O) groups excluding carboxylic acids is 1. The predicted octanol–water partition coefficient (Wildman–Crippen LogP) is 1.47. The Morgan fingerprint density at radius 1 is 1.50 bits per heavy atom. The number of nitrogens with zero attached hydrogens (tertiary/aromatic N) is 2. The SMILES string of the molecule is CCC(NC)c1ccc(N2CCNC(=O)C2(C)C)cn1. The van der Waals surface area contributed by atoms with Crippen LogP contribution in [0.15, 0.2) is 18.3 Å².